The summed E-state index contributed by atoms with van der Waals surface area (Å²) in [6.07, 6.45) is 6.41. The molecule has 0 saturated carbocycles. The van der Waals surface area contributed by atoms with Crippen LogP contribution in [0.25, 0.3) is 11.8 Å². The Bertz CT molecular complexity index is 1340. The summed E-state index contributed by atoms with van der Waals surface area (Å²) in [5.74, 6) is 0.269. The summed E-state index contributed by atoms with van der Waals surface area (Å²) in [4.78, 5) is 28.9. The van der Waals surface area contributed by atoms with Gasteiger partial charge in [-0.25, -0.2) is 14.4 Å². The van der Waals surface area contributed by atoms with Crippen molar-refractivity contribution in [2.45, 2.75) is 26.3 Å². The molecular formula is C28H31FN6O. The molecule has 1 aromatic heterocycles. The first-order valence-corrected chi connectivity index (χ1v) is 12.2. The molecule has 2 aliphatic heterocycles. The van der Waals surface area contributed by atoms with Crippen molar-refractivity contribution in [1.29, 1.82) is 0 Å². The number of imidazole rings is 1. The van der Waals surface area contributed by atoms with Crippen molar-refractivity contribution in [3.63, 3.8) is 0 Å². The Kier molecular flexibility index (Phi) is 6.45. The average molecular weight is 487 g/mol. The van der Waals surface area contributed by atoms with Crippen molar-refractivity contribution in [2.75, 3.05) is 33.7 Å². The normalized spacial score (nSPS) is 18.8. The molecule has 1 atom stereocenters. The highest BCUT2D eigenvalue weighted by Gasteiger charge is 2.42. The number of fused-ring (bicyclic) bond motifs is 1. The minimum atomic E-state index is -0.283. The number of carbonyl (C=O) groups excluding carboxylic acids is 1. The molecule has 0 spiro atoms. The lowest BCUT2D eigenvalue weighted by molar-refractivity contribution is -0.125. The third-order valence-corrected chi connectivity index (χ3v) is 6.73. The van der Waals surface area contributed by atoms with Crippen LogP contribution in [0.4, 0.5) is 4.39 Å². The number of hydrogen-bond acceptors (Lipinski definition) is 5. The molecule has 2 aliphatic rings. The van der Waals surface area contributed by atoms with Gasteiger partial charge in [0.05, 0.1) is 18.1 Å². The van der Waals surface area contributed by atoms with Gasteiger partial charge in [0.15, 0.2) is 0 Å². The lowest BCUT2D eigenvalue weighted by atomic mass is 9.99. The summed E-state index contributed by atoms with van der Waals surface area (Å²) in [6, 6.07) is 12.4. The largest absolute Gasteiger partial charge is 0.341 e. The first-order chi connectivity index (χ1) is 17.3. The van der Waals surface area contributed by atoms with E-state index in [9.17, 15) is 9.18 Å². The van der Waals surface area contributed by atoms with Crippen molar-refractivity contribution >= 4 is 17.9 Å². The molecule has 36 heavy (non-hydrogen) atoms. The Morgan fingerprint density at radius 3 is 2.58 bits per heavy atom. The van der Waals surface area contributed by atoms with E-state index in [1.54, 1.807) is 23.4 Å². The first kappa shape index (κ1) is 23.9. The summed E-state index contributed by atoms with van der Waals surface area (Å²) >= 11 is 0. The van der Waals surface area contributed by atoms with Crippen LogP contribution in [0.1, 0.15) is 34.8 Å². The third-order valence-electron chi connectivity index (χ3n) is 6.73. The van der Waals surface area contributed by atoms with Crippen molar-refractivity contribution in [3.05, 3.63) is 88.9 Å². The standard InChI is InChI=1S/C28H31FN6O/c1-19-15-21(5-10-25(19)34-17-20(2)30-18-34)16-24-27(36)35-26(22-6-8-23(29)9-7-22)11-12-33(28(35)31-24)14-13-32(3)4/h5-10,15-18,26H,11-14H2,1-4H3/b24-16-/t26-/m0/s1. The Morgan fingerprint density at radius 2 is 1.92 bits per heavy atom. The second-order valence-electron chi connectivity index (χ2n) is 9.73. The van der Waals surface area contributed by atoms with Crippen molar-refractivity contribution < 1.29 is 9.18 Å². The number of guanidine groups is 1. The Hall–Kier alpha value is -3.78. The number of aromatic nitrogens is 2. The molecule has 0 aliphatic carbocycles. The summed E-state index contributed by atoms with van der Waals surface area (Å²) in [5, 5.41) is 0. The maximum atomic E-state index is 13.7. The molecule has 186 valence electrons. The van der Waals surface area contributed by atoms with E-state index in [1.165, 1.54) is 12.1 Å². The number of hydrogen-bond donors (Lipinski definition) is 0. The Labute approximate surface area is 211 Å². The molecule has 1 fully saturated rings. The second kappa shape index (κ2) is 9.70. The first-order valence-electron chi connectivity index (χ1n) is 12.2. The van der Waals surface area contributed by atoms with Crippen LogP contribution in [0.15, 0.2) is 65.7 Å². The predicted octanol–water partition coefficient (Wildman–Crippen LogP) is 4.18. The summed E-state index contributed by atoms with van der Waals surface area (Å²) in [5.41, 5.74) is 5.33. The number of amides is 1. The number of rotatable bonds is 6. The zero-order valence-electron chi connectivity index (χ0n) is 21.1. The van der Waals surface area contributed by atoms with Gasteiger partial charge in [-0.3, -0.25) is 9.69 Å². The molecule has 5 rings (SSSR count). The maximum absolute atomic E-state index is 13.7. The van der Waals surface area contributed by atoms with Crippen LogP contribution in [-0.2, 0) is 4.79 Å². The number of benzene rings is 2. The molecule has 3 heterocycles. The lowest BCUT2D eigenvalue weighted by Crippen LogP contribution is -2.52. The summed E-state index contributed by atoms with van der Waals surface area (Å²) in [7, 11) is 4.07. The second-order valence-corrected chi connectivity index (χ2v) is 9.73. The van der Waals surface area contributed by atoms with E-state index in [0.717, 1.165) is 54.1 Å². The summed E-state index contributed by atoms with van der Waals surface area (Å²) < 4.78 is 15.6. The molecule has 3 aromatic rings. The van der Waals surface area contributed by atoms with Gasteiger partial charge in [0.2, 0.25) is 5.96 Å². The van der Waals surface area contributed by atoms with E-state index in [0.29, 0.717) is 11.7 Å². The van der Waals surface area contributed by atoms with Crippen LogP contribution in [0.2, 0.25) is 0 Å². The highest BCUT2D eigenvalue weighted by molar-refractivity contribution is 6.14. The van der Waals surface area contributed by atoms with E-state index in [4.69, 9.17) is 4.99 Å². The zero-order chi connectivity index (χ0) is 25.4. The highest BCUT2D eigenvalue weighted by atomic mass is 19.1. The number of likely N-dealkylation sites (N-methyl/N-ethyl adjacent to an activating group) is 1. The Morgan fingerprint density at radius 1 is 1.14 bits per heavy atom. The van der Waals surface area contributed by atoms with Gasteiger partial charge in [0.25, 0.3) is 5.91 Å². The van der Waals surface area contributed by atoms with Gasteiger partial charge in [-0.1, -0.05) is 18.2 Å². The molecule has 1 saturated heterocycles. The molecule has 0 unspecified atom stereocenters. The lowest BCUT2D eigenvalue weighted by Gasteiger charge is -2.40. The monoisotopic (exact) mass is 486 g/mol. The molecule has 0 bridgehead atoms. The van der Waals surface area contributed by atoms with Crippen LogP contribution >= 0.6 is 0 Å². The molecular weight excluding hydrogens is 455 g/mol. The van der Waals surface area contributed by atoms with Crippen molar-refractivity contribution in [1.82, 2.24) is 24.3 Å². The van der Waals surface area contributed by atoms with Gasteiger partial charge in [0, 0.05) is 31.5 Å². The van der Waals surface area contributed by atoms with Crippen LogP contribution in [0.5, 0.6) is 0 Å². The number of nitrogens with zero attached hydrogens (tertiary/aromatic N) is 6. The van der Waals surface area contributed by atoms with E-state index >= 15 is 0 Å². The zero-order valence-corrected chi connectivity index (χ0v) is 21.1. The van der Waals surface area contributed by atoms with Gasteiger partial charge in [-0.05, 0) is 81.4 Å². The van der Waals surface area contributed by atoms with Crippen molar-refractivity contribution in [3.8, 4) is 5.69 Å². The number of halogens is 1. The van der Waals surface area contributed by atoms with Gasteiger partial charge >= 0.3 is 0 Å². The van der Waals surface area contributed by atoms with E-state index < -0.39 is 0 Å². The van der Waals surface area contributed by atoms with Gasteiger partial charge < -0.3 is 14.4 Å². The molecule has 8 heteroatoms. The Balaban J connectivity index is 1.48. The maximum Gasteiger partial charge on any atom is 0.279 e. The van der Waals surface area contributed by atoms with E-state index in [-0.39, 0.29) is 17.8 Å². The van der Waals surface area contributed by atoms with E-state index in [1.807, 2.05) is 56.9 Å². The predicted molar refractivity (Wildman–Crippen MR) is 139 cm³/mol. The molecule has 0 N–H and O–H groups in total. The smallest absolute Gasteiger partial charge is 0.279 e. The van der Waals surface area contributed by atoms with E-state index in [2.05, 4.69) is 20.9 Å². The fourth-order valence-corrected chi connectivity index (χ4v) is 4.83. The van der Waals surface area contributed by atoms with Crippen LogP contribution in [0, 0.1) is 19.7 Å². The average Bonchev–Trinajstić information content (AvgIpc) is 3.42. The van der Waals surface area contributed by atoms with Crippen molar-refractivity contribution in [2.24, 2.45) is 4.99 Å². The molecule has 0 radical (unpaired) electrons. The minimum absolute atomic E-state index is 0.124. The molecule has 2 aromatic carbocycles. The number of aliphatic imine (C=N–C) groups is 1. The topological polar surface area (TPSA) is 57.0 Å². The van der Waals surface area contributed by atoms with Crippen LogP contribution < -0.4 is 0 Å². The molecule has 7 nitrogen and oxygen atoms in total. The summed E-state index contributed by atoms with van der Waals surface area (Å²) in [6.45, 7) is 6.42. The van der Waals surface area contributed by atoms with Crippen LogP contribution in [0.3, 0.4) is 0 Å². The number of aryl methyl sites for hydroxylation is 2. The highest BCUT2D eigenvalue weighted by Crippen LogP contribution is 2.36. The van der Waals surface area contributed by atoms with Crippen LogP contribution in [-0.4, -0.2) is 69.8 Å². The number of carbonyl (C=O) groups is 1. The quantitative estimate of drug-likeness (QED) is 0.491. The minimum Gasteiger partial charge on any atom is -0.341 e. The fraction of sp³-hybridized carbons (Fsp3) is 0.321. The fourth-order valence-electron chi connectivity index (χ4n) is 4.83. The van der Waals surface area contributed by atoms with Gasteiger partial charge in [-0.2, -0.15) is 0 Å². The third kappa shape index (κ3) is 4.68. The van der Waals surface area contributed by atoms with Gasteiger partial charge in [-0.15, -0.1) is 0 Å². The van der Waals surface area contributed by atoms with Gasteiger partial charge in [0.1, 0.15) is 11.5 Å². The molecule has 1 amide bonds. The SMILES string of the molecule is Cc1cn(-c2ccc(/C=C3\N=C4N(CCN(C)C)CC[C@@H](c5ccc(F)cc5)N4C3=O)cc2C)cn1.